The van der Waals surface area contributed by atoms with Gasteiger partial charge in [-0.05, 0) is 24.3 Å². The Balaban J connectivity index is 2.05. The first-order chi connectivity index (χ1) is 9.59. The third kappa shape index (κ3) is 2.32. The van der Waals surface area contributed by atoms with Gasteiger partial charge in [0.05, 0.1) is 4.90 Å². The number of fused-ring (bicyclic) bond motifs is 1. The lowest BCUT2D eigenvalue weighted by molar-refractivity contribution is 0.320. The van der Waals surface area contributed by atoms with Crippen LogP contribution in [0.5, 0.6) is 0 Å². The van der Waals surface area contributed by atoms with Gasteiger partial charge in [0.25, 0.3) is 0 Å². The highest BCUT2D eigenvalue weighted by Crippen LogP contribution is 2.27. The summed E-state index contributed by atoms with van der Waals surface area (Å²) in [6, 6.07) is 13.1. The molecule has 0 amide bonds. The van der Waals surface area contributed by atoms with E-state index in [0.717, 1.165) is 23.6 Å². The number of piperidine rings is 1. The molecule has 1 fully saturated rings. The van der Waals surface area contributed by atoms with Gasteiger partial charge in [-0.3, -0.25) is 0 Å². The number of nitrogens with two attached hydrogens (primary N) is 1. The molecule has 0 aliphatic carbocycles. The lowest BCUT2D eigenvalue weighted by Crippen LogP contribution is -2.42. The van der Waals surface area contributed by atoms with Crippen LogP contribution in [0.1, 0.15) is 12.8 Å². The van der Waals surface area contributed by atoms with E-state index in [1.807, 2.05) is 30.3 Å². The van der Waals surface area contributed by atoms with Crippen molar-refractivity contribution in [2.24, 2.45) is 5.73 Å². The minimum Gasteiger partial charge on any atom is -0.328 e. The maximum absolute atomic E-state index is 12.8. The van der Waals surface area contributed by atoms with Crippen LogP contribution < -0.4 is 5.73 Å². The third-order valence-electron chi connectivity index (χ3n) is 3.87. The van der Waals surface area contributed by atoms with Crippen molar-refractivity contribution in [3.05, 3.63) is 42.5 Å². The van der Waals surface area contributed by atoms with E-state index in [0.29, 0.717) is 18.0 Å². The topological polar surface area (TPSA) is 63.4 Å². The molecular weight excluding hydrogens is 272 g/mol. The van der Waals surface area contributed by atoms with E-state index >= 15 is 0 Å². The van der Waals surface area contributed by atoms with Crippen molar-refractivity contribution in [3.63, 3.8) is 0 Å². The van der Waals surface area contributed by atoms with E-state index in [2.05, 4.69) is 0 Å². The smallest absolute Gasteiger partial charge is 0.243 e. The van der Waals surface area contributed by atoms with E-state index in [4.69, 9.17) is 5.73 Å². The lowest BCUT2D eigenvalue weighted by atomic mass is 10.1. The number of sulfonamides is 1. The number of hydrogen-bond donors (Lipinski definition) is 1. The second-order valence-corrected chi connectivity index (χ2v) is 7.13. The second kappa shape index (κ2) is 5.16. The fourth-order valence-corrected chi connectivity index (χ4v) is 4.36. The zero-order chi connectivity index (χ0) is 14.2. The minimum atomic E-state index is -3.43. The van der Waals surface area contributed by atoms with Crippen LogP contribution in [0.15, 0.2) is 47.4 Å². The van der Waals surface area contributed by atoms with Crippen molar-refractivity contribution in [2.45, 2.75) is 23.8 Å². The molecule has 0 unspecified atom stereocenters. The monoisotopic (exact) mass is 290 g/mol. The quantitative estimate of drug-likeness (QED) is 0.919. The number of nitrogens with zero attached hydrogens (tertiary/aromatic N) is 1. The molecule has 4 nitrogen and oxygen atoms in total. The van der Waals surface area contributed by atoms with Gasteiger partial charge in [-0.25, -0.2) is 8.42 Å². The lowest BCUT2D eigenvalue weighted by Gasteiger charge is -2.29. The molecule has 0 saturated carbocycles. The van der Waals surface area contributed by atoms with Crippen molar-refractivity contribution in [1.29, 1.82) is 0 Å². The van der Waals surface area contributed by atoms with E-state index in [1.54, 1.807) is 16.4 Å². The molecule has 0 aromatic heterocycles. The number of rotatable bonds is 2. The second-order valence-electron chi connectivity index (χ2n) is 5.22. The predicted octanol–water partition coefficient (Wildman–Crippen LogP) is 1.95. The Kier molecular flexibility index (Phi) is 3.50. The van der Waals surface area contributed by atoms with Crippen LogP contribution in [0, 0.1) is 0 Å². The summed E-state index contributed by atoms with van der Waals surface area (Å²) in [4.78, 5) is 0.395. The highest BCUT2D eigenvalue weighted by molar-refractivity contribution is 7.89. The van der Waals surface area contributed by atoms with Gasteiger partial charge < -0.3 is 5.73 Å². The average molecular weight is 290 g/mol. The van der Waals surface area contributed by atoms with Crippen LogP contribution in [0.3, 0.4) is 0 Å². The summed E-state index contributed by atoms with van der Waals surface area (Å²) < 4.78 is 27.1. The number of hydrogen-bond acceptors (Lipinski definition) is 3. The maximum Gasteiger partial charge on any atom is 0.243 e. The Morgan fingerprint density at radius 3 is 2.40 bits per heavy atom. The van der Waals surface area contributed by atoms with Gasteiger partial charge in [0.15, 0.2) is 0 Å². The van der Waals surface area contributed by atoms with Gasteiger partial charge in [-0.1, -0.05) is 36.4 Å². The molecule has 106 valence electrons. The molecule has 1 saturated heterocycles. The van der Waals surface area contributed by atoms with Gasteiger partial charge in [0.1, 0.15) is 0 Å². The van der Waals surface area contributed by atoms with Gasteiger partial charge in [-0.2, -0.15) is 4.31 Å². The summed E-state index contributed by atoms with van der Waals surface area (Å²) in [7, 11) is -3.43. The molecule has 1 aliphatic rings. The van der Waals surface area contributed by atoms with Crippen LogP contribution in [-0.4, -0.2) is 31.9 Å². The molecule has 2 aromatic rings. The Morgan fingerprint density at radius 2 is 1.65 bits per heavy atom. The predicted molar refractivity (Wildman–Crippen MR) is 79.9 cm³/mol. The molecule has 3 rings (SSSR count). The molecule has 2 N–H and O–H groups in total. The normalized spacial score (nSPS) is 18.4. The fourth-order valence-electron chi connectivity index (χ4n) is 2.68. The summed E-state index contributed by atoms with van der Waals surface area (Å²) in [5.74, 6) is 0. The zero-order valence-electron chi connectivity index (χ0n) is 11.2. The first-order valence-electron chi connectivity index (χ1n) is 6.82. The first kappa shape index (κ1) is 13.5. The average Bonchev–Trinajstić information content (AvgIpc) is 2.47. The molecule has 0 atom stereocenters. The summed E-state index contributed by atoms with van der Waals surface area (Å²) in [6.45, 7) is 1.01. The van der Waals surface area contributed by atoms with Gasteiger partial charge in [-0.15, -0.1) is 0 Å². The molecule has 1 heterocycles. The Bertz CT molecular complexity index is 714. The van der Waals surface area contributed by atoms with E-state index in [1.165, 1.54) is 0 Å². The van der Waals surface area contributed by atoms with Gasteiger partial charge in [0, 0.05) is 24.5 Å². The van der Waals surface area contributed by atoms with Crippen molar-refractivity contribution in [3.8, 4) is 0 Å². The first-order valence-corrected chi connectivity index (χ1v) is 8.26. The van der Waals surface area contributed by atoms with E-state index in [-0.39, 0.29) is 6.04 Å². The van der Waals surface area contributed by atoms with Crippen molar-refractivity contribution >= 4 is 20.8 Å². The maximum atomic E-state index is 12.8. The van der Waals surface area contributed by atoms with Crippen LogP contribution in [-0.2, 0) is 10.0 Å². The highest BCUT2D eigenvalue weighted by Gasteiger charge is 2.29. The van der Waals surface area contributed by atoms with Gasteiger partial charge in [0.2, 0.25) is 10.0 Å². The summed E-state index contributed by atoms with van der Waals surface area (Å²) in [6.07, 6.45) is 1.45. The van der Waals surface area contributed by atoms with Crippen molar-refractivity contribution in [1.82, 2.24) is 4.31 Å². The molecule has 0 bridgehead atoms. The van der Waals surface area contributed by atoms with E-state index < -0.39 is 10.0 Å². The van der Waals surface area contributed by atoms with Crippen LogP contribution >= 0.6 is 0 Å². The standard InChI is InChI=1S/C15H18N2O2S/c16-13-8-10-17(11-9-13)20(18,19)15-7-3-5-12-4-1-2-6-14(12)15/h1-7,13H,8-11,16H2. The fraction of sp³-hybridized carbons (Fsp3) is 0.333. The largest absolute Gasteiger partial charge is 0.328 e. The molecule has 5 heteroatoms. The summed E-state index contributed by atoms with van der Waals surface area (Å²) in [5, 5.41) is 1.73. The SMILES string of the molecule is NC1CCN(S(=O)(=O)c2cccc3ccccc23)CC1. The minimum absolute atomic E-state index is 0.119. The molecule has 2 aromatic carbocycles. The van der Waals surface area contributed by atoms with Gasteiger partial charge >= 0.3 is 0 Å². The highest BCUT2D eigenvalue weighted by atomic mass is 32.2. The van der Waals surface area contributed by atoms with Crippen LogP contribution in [0.25, 0.3) is 10.8 Å². The van der Waals surface area contributed by atoms with Crippen LogP contribution in [0.4, 0.5) is 0 Å². The van der Waals surface area contributed by atoms with E-state index in [9.17, 15) is 8.42 Å². The molecule has 0 radical (unpaired) electrons. The Morgan fingerprint density at radius 1 is 1.00 bits per heavy atom. The molecule has 0 spiro atoms. The Labute approximate surface area is 119 Å². The van der Waals surface area contributed by atoms with Crippen molar-refractivity contribution in [2.75, 3.05) is 13.1 Å². The molecule has 20 heavy (non-hydrogen) atoms. The zero-order valence-corrected chi connectivity index (χ0v) is 12.0. The summed E-state index contributed by atoms with van der Waals surface area (Å²) >= 11 is 0. The number of benzene rings is 2. The third-order valence-corrected chi connectivity index (χ3v) is 5.82. The molecular formula is C15H18N2O2S. The van der Waals surface area contributed by atoms with Crippen molar-refractivity contribution < 1.29 is 8.42 Å². The van der Waals surface area contributed by atoms with Crippen LogP contribution in [0.2, 0.25) is 0 Å². The molecule has 1 aliphatic heterocycles. The Hall–Kier alpha value is -1.43. The summed E-state index contributed by atoms with van der Waals surface area (Å²) in [5.41, 5.74) is 5.85.